The lowest BCUT2D eigenvalue weighted by atomic mass is 10.1. The number of fused-ring (bicyclic) bond motifs is 1. The molecule has 0 aliphatic heterocycles. The summed E-state index contributed by atoms with van der Waals surface area (Å²) in [4.78, 5) is 29.1. The topological polar surface area (TPSA) is 122 Å². The van der Waals surface area contributed by atoms with E-state index in [1.165, 1.54) is 11.8 Å². The Morgan fingerprint density at radius 2 is 2.04 bits per heavy atom. The number of hydrogen-bond acceptors (Lipinski definition) is 6. The van der Waals surface area contributed by atoms with Crippen molar-refractivity contribution in [2.24, 2.45) is 0 Å². The summed E-state index contributed by atoms with van der Waals surface area (Å²) in [6, 6.07) is 7.51. The minimum Gasteiger partial charge on any atom is -0.450 e. The highest BCUT2D eigenvalue weighted by atomic mass is 32.2. The third-order valence-corrected chi connectivity index (χ3v) is 4.50. The molecule has 0 saturated carbocycles. The summed E-state index contributed by atoms with van der Waals surface area (Å²) in [7, 11) is 0. The molecule has 0 bridgehead atoms. The lowest BCUT2D eigenvalue weighted by Gasteiger charge is -2.23. The minimum absolute atomic E-state index is 0.328. The molecule has 2 rings (SSSR count). The van der Waals surface area contributed by atoms with Gasteiger partial charge in [-0.3, -0.25) is 0 Å². The number of benzene rings is 1. The zero-order valence-corrected chi connectivity index (χ0v) is 13.8. The van der Waals surface area contributed by atoms with E-state index in [2.05, 4.69) is 14.7 Å². The molecule has 2 aromatic rings. The van der Waals surface area contributed by atoms with Crippen LogP contribution in [-0.4, -0.2) is 50.5 Å². The Balaban J connectivity index is 2.16. The number of nitrogens with one attached hydrogen (secondary N) is 1. The van der Waals surface area contributed by atoms with Crippen LogP contribution in [0.3, 0.4) is 0 Å². The number of aromatic amines is 1. The van der Waals surface area contributed by atoms with Crippen LogP contribution in [-0.2, 0) is 9.47 Å². The Labute approximate surface area is 142 Å². The zero-order chi connectivity index (χ0) is 17.5. The van der Waals surface area contributed by atoms with Gasteiger partial charge in [0.25, 0.3) is 0 Å². The van der Waals surface area contributed by atoms with E-state index in [4.69, 9.17) is 14.9 Å². The normalized spacial score (nSPS) is 13.4. The second kappa shape index (κ2) is 8.44. The summed E-state index contributed by atoms with van der Waals surface area (Å²) >= 11 is 1.31. The molecule has 0 fully saturated rings. The fourth-order valence-corrected chi connectivity index (χ4v) is 3.48. The number of nitrogens with zero attached hydrogens (tertiary/aromatic N) is 1. The first-order valence-corrected chi connectivity index (χ1v) is 8.24. The van der Waals surface area contributed by atoms with Gasteiger partial charge in [0.05, 0.1) is 16.3 Å². The second-order valence-electron chi connectivity index (χ2n) is 5.00. The molecule has 8 nitrogen and oxygen atoms in total. The van der Waals surface area contributed by atoms with Crippen LogP contribution in [0.2, 0.25) is 0 Å². The molecule has 0 spiro atoms. The molecule has 130 valence electrons. The first-order valence-electron chi connectivity index (χ1n) is 7.36. The number of H-pyrrole nitrogens is 1. The Morgan fingerprint density at radius 3 is 2.67 bits per heavy atom. The van der Waals surface area contributed by atoms with E-state index in [1.54, 1.807) is 0 Å². The van der Waals surface area contributed by atoms with Crippen LogP contribution in [0.25, 0.3) is 11.0 Å². The number of aromatic nitrogens is 2. The summed E-state index contributed by atoms with van der Waals surface area (Å²) in [5, 5.41) is 17.8. The van der Waals surface area contributed by atoms with E-state index >= 15 is 0 Å². The van der Waals surface area contributed by atoms with Crippen molar-refractivity contribution in [1.29, 1.82) is 0 Å². The van der Waals surface area contributed by atoms with Gasteiger partial charge in [-0.05, 0) is 18.6 Å². The summed E-state index contributed by atoms with van der Waals surface area (Å²) < 4.78 is 9.34. The average molecular weight is 354 g/mol. The number of thioether (sulfide) groups is 1. The van der Waals surface area contributed by atoms with E-state index in [0.717, 1.165) is 17.5 Å². The Kier molecular flexibility index (Phi) is 6.30. The number of carbonyl (C=O) groups is 2. The van der Waals surface area contributed by atoms with Gasteiger partial charge in [-0.1, -0.05) is 37.2 Å². The van der Waals surface area contributed by atoms with Crippen molar-refractivity contribution in [3.05, 3.63) is 24.3 Å². The SMILES string of the molecule is CCCC(Sc1nc2ccccc2[nH]1)C(COC(=O)O)OC(=O)O. The summed E-state index contributed by atoms with van der Waals surface area (Å²) in [5.41, 5.74) is 1.67. The number of hydrogen-bond donors (Lipinski definition) is 3. The third-order valence-electron chi connectivity index (χ3n) is 3.24. The van der Waals surface area contributed by atoms with Crippen molar-refractivity contribution in [1.82, 2.24) is 9.97 Å². The fourth-order valence-electron chi connectivity index (χ4n) is 2.23. The van der Waals surface area contributed by atoms with Crippen LogP contribution in [0.1, 0.15) is 19.8 Å². The zero-order valence-electron chi connectivity index (χ0n) is 13.0. The van der Waals surface area contributed by atoms with Crippen LogP contribution >= 0.6 is 11.8 Å². The Bertz CT molecular complexity index is 671. The molecule has 0 aliphatic carbocycles. The molecule has 0 amide bonds. The maximum atomic E-state index is 10.9. The molecule has 0 radical (unpaired) electrons. The Hall–Kier alpha value is -2.42. The predicted octanol–water partition coefficient (Wildman–Crippen LogP) is 3.58. The van der Waals surface area contributed by atoms with E-state index in [9.17, 15) is 9.59 Å². The van der Waals surface area contributed by atoms with Crippen molar-refractivity contribution in [3.8, 4) is 0 Å². The van der Waals surface area contributed by atoms with Gasteiger partial charge in [0.1, 0.15) is 6.61 Å². The molecule has 1 aromatic carbocycles. The molecule has 2 unspecified atom stereocenters. The highest BCUT2D eigenvalue weighted by Gasteiger charge is 2.28. The molecular formula is C15H18N2O6S. The minimum atomic E-state index is -1.47. The molecular weight excluding hydrogens is 336 g/mol. The van der Waals surface area contributed by atoms with E-state index in [-0.39, 0.29) is 11.9 Å². The molecule has 0 saturated heterocycles. The van der Waals surface area contributed by atoms with Gasteiger partial charge in [0.15, 0.2) is 11.3 Å². The second-order valence-corrected chi connectivity index (χ2v) is 6.23. The molecule has 9 heteroatoms. The number of imidazole rings is 1. The lowest BCUT2D eigenvalue weighted by Crippen LogP contribution is -2.34. The van der Waals surface area contributed by atoms with E-state index < -0.39 is 18.4 Å². The van der Waals surface area contributed by atoms with Crippen molar-refractivity contribution >= 4 is 35.1 Å². The van der Waals surface area contributed by atoms with Crippen LogP contribution in [0.5, 0.6) is 0 Å². The van der Waals surface area contributed by atoms with Crippen molar-refractivity contribution in [2.45, 2.75) is 36.3 Å². The van der Waals surface area contributed by atoms with Gasteiger partial charge in [-0.25, -0.2) is 14.6 Å². The number of ether oxygens (including phenoxy) is 2. The highest BCUT2D eigenvalue weighted by Crippen LogP contribution is 2.29. The lowest BCUT2D eigenvalue weighted by molar-refractivity contribution is 0.00359. The Morgan fingerprint density at radius 1 is 1.29 bits per heavy atom. The third kappa shape index (κ3) is 5.05. The molecule has 1 heterocycles. The standard InChI is InChI=1S/C15H18N2O6S/c1-2-5-12(11(23-15(20)21)8-22-14(18)19)24-13-16-9-6-3-4-7-10(9)17-13/h3-4,6-7,11-12H,2,5,8H2,1H3,(H,16,17)(H,18,19)(H,20,21). The first-order chi connectivity index (χ1) is 11.5. The summed E-state index contributed by atoms with van der Waals surface area (Å²) in [6.07, 6.45) is -2.48. The fraction of sp³-hybridized carbons (Fsp3) is 0.400. The van der Waals surface area contributed by atoms with Gasteiger partial charge in [-0.2, -0.15) is 0 Å². The van der Waals surface area contributed by atoms with Crippen LogP contribution in [0, 0.1) is 0 Å². The highest BCUT2D eigenvalue weighted by molar-refractivity contribution is 7.99. The molecule has 2 atom stereocenters. The quantitative estimate of drug-likeness (QED) is 0.486. The number of para-hydroxylation sites is 2. The van der Waals surface area contributed by atoms with E-state index in [1.807, 2.05) is 31.2 Å². The molecule has 0 aliphatic rings. The number of rotatable bonds is 8. The van der Waals surface area contributed by atoms with Crippen molar-refractivity contribution in [2.75, 3.05) is 6.61 Å². The summed E-state index contributed by atoms with van der Waals surface area (Å²) in [6.45, 7) is 1.58. The van der Waals surface area contributed by atoms with E-state index in [0.29, 0.717) is 11.6 Å². The summed E-state index contributed by atoms with van der Waals surface area (Å²) in [5.74, 6) is 0. The van der Waals surface area contributed by atoms with Crippen LogP contribution in [0.4, 0.5) is 9.59 Å². The van der Waals surface area contributed by atoms with Crippen LogP contribution in [0.15, 0.2) is 29.4 Å². The average Bonchev–Trinajstić information content (AvgIpc) is 2.93. The van der Waals surface area contributed by atoms with Crippen molar-refractivity contribution < 1.29 is 29.3 Å². The van der Waals surface area contributed by atoms with Crippen LogP contribution < -0.4 is 0 Å². The van der Waals surface area contributed by atoms with Gasteiger partial charge >= 0.3 is 12.3 Å². The maximum Gasteiger partial charge on any atom is 0.506 e. The monoisotopic (exact) mass is 354 g/mol. The van der Waals surface area contributed by atoms with Gasteiger partial charge < -0.3 is 24.7 Å². The molecule has 1 aromatic heterocycles. The smallest absolute Gasteiger partial charge is 0.450 e. The van der Waals surface area contributed by atoms with Crippen molar-refractivity contribution in [3.63, 3.8) is 0 Å². The maximum absolute atomic E-state index is 10.9. The first kappa shape index (κ1) is 17.9. The predicted molar refractivity (Wildman–Crippen MR) is 87.5 cm³/mol. The molecule has 3 N–H and O–H groups in total. The molecule has 24 heavy (non-hydrogen) atoms. The largest absolute Gasteiger partial charge is 0.506 e. The van der Waals surface area contributed by atoms with Gasteiger partial charge in [0, 0.05) is 0 Å². The number of carboxylic acid groups (broad SMARTS) is 2. The van der Waals surface area contributed by atoms with Gasteiger partial charge in [-0.15, -0.1) is 0 Å². The van der Waals surface area contributed by atoms with Gasteiger partial charge in [0.2, 0.25) is 0 Å².